The highest BCUT2D eigenvalue weighted by molar-refractivity contribution is 5.98. The molecule has 3 rings (SSSR count). The molecule has 1 amide bonds. The van der Waals surface area contributed by atoms with Crippen molar-refractivity contribution in [2.75, 3.05) is 58.9 Å². The third kappa shape index (κ3) is 8.85. The minimum absolute atomic E-state index is 0.00485. The van der Waals surface area contributed by atoms with Crippen molar-refractivity contribution in [1.29, 1.82) is 0 Å². The van der Waals surface area contributed by atoms with E-state index in [1.807, 2.05) is 49.0 Å². The van der Waals surface area contributed by atoms with Crippen molar-refractivity contribution in [2.24, 2.45) is 11.8 Å². The fourth-order valence-electron chi connectivity index (χ4n) is 5.84. The second-order valence-electron chi connectivity index (χ2n) is 12.1. The van der Waals surface area contributed by atoms with E-state index in [-0.39, 0.29) is 36.7 Å². The molecule has 1 aromatic carbocycles. The van der Waals surface area contributed by atoms with Crippen molar-refractivity contribution >= 4 is 11.6 Å². The fraction of sp³-hybridized carbons (Fsp3) is 0.774. The standard InChI is InChI=1S/C31H53N3O4/c1-23-19-34(24(2)22-35)31(36)28-18-27(32(4)5)15-16-29(28)38-25(3)12-10-11-17-37-30(23)21-33(6)20-26-13-8-7-9-14-26/h15-16,18,23-26,30,35H,7-14,17,19-22H2,1-6H3/t23-,24-,25+,30-/m1/s1. The first kappa shape index (κ1) is 30.7. The van der Waals surface area contributed by atoms with E-state index in [0.29, 0.717) is 24.5 Å². The van der Waals surface area contributed by atoms with Gasteiger partial charge in [0.1, 0.15) is 5.75 Å². The molecule has 0 saturated heterocycles. The van der Waals surface area contributed by atoms with Gasteiger partial charge in [0, 0.05) is 51.9 Å². The van der Waals surface area contributed by atoms with Crippen molar-refractivity contribution in [3.63, 3.8) is 0 Å². The zero-order valence-electron chi connectivity index (χ0n) is 24.8. The van der Waals surface area contributed by atoms with E-state index in [4.69, 9.17) is 9.47 Å². The molecule has 7 heteroatoms. The molecule has 216 valence electrons. The van der Waals surface area contributed by atoms with Gasteiger partial charge in [-0.15, -0.1) is 0 Å². The molecule has 1 aliphatic heterocycles. The Labute approximate surface area is 231 Å². The van der Waals surface area contributed by atoms with Crippen LogP contribution in [0.3, 0.4) is 0 Å². The number of ether oxygens (including phenoxy) is 2. The Morgan fingerprint density at radius 2 is 1.74 bits per heavy atom. The quantitative estimate of drug-likeness (QED) is 0.531. The Hall–Kier alpha value is -1.83. The summed E-state index contributed by atoms with van der Waals surface area (Å²) in [5, 5.41) is 10.1. The molecule has 1 fully saturated rings. The number of hydrogen-bond acceptors (Lipinski definition) is 6. The molecule has 0 aromatic heterocycles. The number of carbonyl (C=O) groups is 1. The summed E-state index contributed by atoms with van der Waals surface area (Å²) in [7, 11) is 6.16. The van der Waals surface area contributed by atoms with Crippen molar-refractivity contribution in [3.05, 3.63) is 23.8 Å². The topological polar surface area (TPSA) is 65.5 Å². The average Bonchev–Trinajstić information content (AvgIpc) is 2.90. The van der Waals surface area contributed by atoms with E-state index in [1.54, 1.807) is 0 Å². The molecule has 1 heterocycles. The van der Waals surface area contributed by atoms with E-state index >= 15 is 0 Å². The predicted octanol–water partition coefficient (Wildman–Crippen LogP) is 5.06. The number of anilines is 1. The molecule has 7 nitrogen and oxygen atoms in total. The van der Waals surface area contributed by atoms with E-state index in [1.165, 1.54) is 32.1 Å². The van der Waals surface area contributed by atoms with Crippen LogP contribution in [0.2, 0.25) is 0 Å². The number of aliphatic hydroxyl groups excluding tert-OH is 1. The maximum atomic E-state index is 14.1. The van der Waals surface area contributed by atoms with Gasteiger partial charge in [0.15, 0.2) is 0 Å². The molecule has 4 atom stereocenters. The molecule has 38 heavy (non-hydrogen) atoms. The molecule has 1 aliphatic carbocycles. The highest BCUT2D eigenvalue weighted by Crippen LogP contribution is 2.29. The Kier molecular flexibility index (Phi) is 12.2. The van der Waals surface area contributed by atoms with Crippen LogP contribution >= 0.6 is 0 Å². The average molecular weight is 532 g/mol. The largest absolute Gasteiger partial charge is 0.490 e. The smallest absolute Gasteiger partial charge is 0.258 e. The summed E-state index contributed by atoms with van der Waals surface area (Å²) in [4.78, 5) is 20.3. The Bertz CT molecular complexity index is 858. The van der Waals surface area contributed by atoms with Gasteiger partial charge in [-0.05, 0) is 77.1 Å². The molecule has 0 bridgehead atoms. The van der Waals surface area contributed by atoms with Gasteiger partial charge in [0.05, 0.1) is 30.4 Å². The lowest BCUT2D eigenvalue weighted by atomic mass is 9.89. The number of carbonyl (C=O) groups excluding carboxylic acids is 1. The molecule has 2 aliphatic rings. The van der Waals surface area contributed by atoms with Gasteiger partial charge >= 0.3 is 0 Å². The Morgan fingerprint density at radius 1 is 1.03 bits per heavy atom. The summed E-state index contributed by atoms with van der Waals surface area (Å²) >= 11 is 0. The highest BCUT2D eigenvalue weighted by Gasteiger charge is 2.30. The van der Waals surface area contributed by atoms with Gasteiger partial charge in [0.25, 0.3) is 5.91 Å². The summed E-state index contributed by atoms with van der Waals surface area (Å²) in [5.41, 5.74) is 1.50. The maximum Gasteiger partial charge on any atom is 0.258 e. The van der Waals surface area contributed by atoms with Crippen LogP contribution in [-0.4, -0.2) is 93.1 Å². The van der Waals surface area contributed by atoms with Gasteiger partial charge in [-0.2, -0.15) is 0 Å². The third-order valence-electron chi connectivity index (χ3n) is 8.34. The fourth-order valence-corrected chi connectivity index (χ4v) is 5.84. The number of hydrogen-bond donors (Lipinski definition) is 1. The van der Waals surface area contributed by atoms with Crippen LogP contribution in [0.25, 0.3) is 0 Å². The van der Waals surface area contributed by atoms with Crippen LogP contribution in [0.5, 0.6) is 5.75 Å². The van der Waals surface area contributed by atoms with Crippen LogP contribution < -0.4 is 9.64 Å². The first-order chi connectivity index (χ1) is 18.2. The summed E-state index contributed by atoms with van der Waals surface area (Å²) < 4.78 is 12.8. The minimum Gasteiger partial charge on any atom is -0.490 e. The zero-order chi connectivity index (χ0) is 27.7. The number of rotatable bonds is 7. The number of fused-ring (bicyclic) bond motifs is 1. The first-order valence-corrected chi connectivity index (χ1v) is 14.9. The molecule has 1 aromatic rings. The monoisotopic (exact) mass is 531 g/mol. The van der Waals surface area contributed by atoms with Gasteiger partial charge in [-0.3, -0.25) is 4.79 Å². The van der Waals surface area contributed by atoms with E-state index in [0.717, 1.165) is 44.0 Å². The summed E-state index contributed by atoms with van der Waals surface area (Å²) in [5.74, 6) is 1.41. The summed E-state index contributed by atoms with van der Waals surface area (Å²) in [6.07, 6.45) is 9.67. The predicted molar refractivity (Wildman–Crippen MR) is 155 cm³/mol. The minimum atomic E-state index is -0.313. The maximum absolute atomic E-state index is 14.1. The highest BCUT2D eigenvalue weighted by atomic mass is 16.5. The van der Waals surface area contributed by atoms with E-state index < -0.39 is 0 Å². The normalized spacial score (nSPS) is 25.4. The lowest BCUT2D eigenvalue weighted by molar-refractivity contribution is -0.0190. The molecule has 0 spiro atoms. The van der Waals surface area contributed by atoms with E-state index in [2.05, 4.69) is 25.8 Å². The molecular weight excluding hydrogens is 478 g/mol. The Balaban J connectivity index is 1.86. The number of nitrogens with zero attached hydrogens (tertiary/aromatic N) is 3. The molecule has 0 unspecified atom stereocenters. The third-order valence-corrected chi connectivity index (χ3v) is 8.34. The number of benzene rings is 1. The molecule has 0 radical (unpaired) electrons. The second kappa shape index (κ2) is 15.1. The van der Waals surface area contributed by atoms with Crippen LogP contribution in [0.1, 0.15) is 82.5 Å². The van der Waals surface area contributed by atoms with Gasteiger partial charge < -0.3 is 29.3 Å². The van der Waals surface area contributed by atoms with Crippen LogP contribution in [-0.2, 0) is 4.74 Å². The summed E-state index contributed by atoms with van der Waals surface area (Å²) in [6.45, 7) is 9.27. The van der Waals surface area contributed by atoms with Gasteiger partial charge in [0.2, 0.25) is 0 Å². The number of aliphatic hydroxyl groups is 1. The Morgan fingerprint density at radius 3 is 2.42 bits per heavy atom. The molecular formula is C31H53N3O4. The second-order valence-corrected chi connectivity index (χ2v) is 12.1. The summed E-state index contributed by atoms with van der Waals surface area (Å²) in [6, 6.07) is 5.52. The first-order valence-electron chi connectivity index (χ1n) is 14.9. The van der Waals surface area contributed by atoms with Gasteiger partial charge in [-0.25, -0.2) is 0 Å². The van der Waals surface area contributed by atoms with Crippen molar-refractivity contribution < 1.29 is 19.4 Å². The SMILES string of the molecule is C[C@@H]1CN([C@H](C)CO)C(=O)c2cc(N(C)C)ccc2O[C@@H](C)CCCCO[C@@H]1CN(C)CC1CCCCC1. The van der Waals surface area contributed by atoms with Crippen LogP contribution in [0.4, 0.5) is 5.69 Å². The van der Waals surface area contributed by atoms with Gasteiger partial charge in [-0.1, -0.05) is 26.2 Å². The molecule has 1 saturated carbocycles. The lowest BCUT2D eigenvalue weighted by Gasteiger charge is -2.36. The van der Waals surface area contributed by atoms with Crippen molar-refractivity contribution in [3.8, 4) is 5.75 Å². The van der Waals surface area contributed by atoms with Crippen LogP contribution in [0, 0.1) is 11.8 Å². The lowest BCUT2D eigenvalue weighted by Crippen LogP contribution is -2.47. The van der Waals surface area contributed by atoms with Crippen LogP contribution in [0.15, 0.2) is 18.2 Å². The molecule has 1 N–H and O–H groups in total. The zero-order valence-corrected chi connectivity index (χ0v) is 24.8. The van der Waals surface area contributed by atoms with E-state index in [9.17, 15) is 9.90 Å². The number of amides is 1. The van der Waals surface area contributed by atoms with Crippen molar-refractivity contribution in [1.82, 2.24) is 9.80 Å². The van der Waals surface area contributed by atoms with Crippen molar-refractivity contribution in [2.45, 2.75) is 90.4 Å². The number of likely N-dealkylation sites (N-methyl/N-ethyl adjacent to an activating group) is 1.